The smallest absolute Gasteiger partial charge is 0.277 e. The molecule has 0 aromatic heterocycles. The molecule has 132 valence electrons. The molecule has 0 radical (unpaired) electrons. The number of benzene rings is 2. The lowest BCUT2D eigenvalue weighted by Gasteiger charge is -2.09. The van der Waals surface area contributed by atoms with Crippen molar-refractivity contribution in [2.75, 3.05) is 6.61 Å². The maximum atomic E-state index is 11.8. The van der Waals surface area contributed by atoms with E-state index < -0.39 is 5.91 Å². The Hall–Kier alpha value is -1.57. The van der Waals surface area contributed by atoms with Gasteiger partial charge in [-0.15, -0.1) is 0 Å². The van der Waals surface area contributed by atoms with E-state index >= 15 is 0 Å². The lowest BCUT2D eigenvalue weighted by Crippen LogP contribution is -2.24. The number of nitrogens with one attached hydrogen (secondary N) is 1. The summed E-state index contributed by atoms with van der Waals surface area (Å²) < 4.78 is 6.72. The number of phenolic OH excluding ortho intramolecular Hbond substituents is 1. The fraction of sp³-hybridized carbons (Fsp3) is 0.176. The van der Waals surface area contributed by atoms with Crippen LogP contribution in [0.25, 0.3) is 0 Å². The summed E-state index contributed by atoms with van der Waals surface area (Å²) in [6.45, 7) is 3.57. The first-order valence-electron chi connectivity index (χ1n) is 7.17. The van der Waals surface area contributed by atoms with Gasteiger partial charge in [-0.2, -0.15) is 5.10 Å². The average Bonchev–Trinajstić information content (AvgIpc) is 2.55. The van der Waals surface area contributed by atoms with Gasteiger partial charge in [-0.25, -0.2) is 5.43 Å². The van der Waals surface area contributed by atoms with Crippen LogP contribution in [0.5, 0.6) is 11.5 Å². The number of rotatable bonds is 5. The molecule has 0 heterocycles. The van der Waals surface area contributed by atoms with Gasteiger partial charge in [0.2, 0.25) is 0 Å². The second-order valence-corrected chi connectivity index (χ2v) is 7.36. The van der Waals surface area contributed by atoms with Crippen LogP contribution in [0.15, 0.2) is 38.3 Å². The third kappa shape index (κ3) is 5.45. The molecular weight excluding hydrogens is 475 g/mol. The molecule has 0 fully saturated rings. The van der Waals surface area contributed by atoms with E-state index in [-0.39, 0.29) is 12.4 Å². The van der Waals surface area contributed by atoms with Crippen LogP contribution in [0.1, 0.15) is 16.7 Å². The molecule has 0 saturated carbocycles. The van der Waals surface area contributed by atoms with Crippen LogP contribution in [-0.4, -0.2) is 23.8 Å². The Morgan fingerprint density at radius 1 is 1.24 bits per heavy atom. The molecule has 0 spiro atoms. The Morgan fingerprint density at radius 3 is 2.52 bits per heavy atom. The number of aryl methyl sites for hydroxylation is 2. The van der Waals surface area contributed by atoms with Crippen molar-refractivity contribution < 1.29 is 14.6 Å². The van der Waals surface area contributed by atoms with Crippen molar-refractivity contribution in [3.8, 4) is 11.5 Å². The Labute approximate surface area is 167 Å². The summed E-state index contributed by atoms with van der Waals surface area (Å²) in [7, 11) is 0. The van der Waals surface area contributed by atoms with Gasteiger partial charge >= 0.3 is 0 Å². The number of hydrogen-bond acceptors (Lipinski definition) is 4. The van der Waals surface area contributed by atoms with Gasteiger partial charge in [0.25, 0.3) is 5.91 Å². The number of phenols is 1. The van der Waals surface area contributed by atoms with Crippen molar-refractivity contribution in [2.45, 2.75) is 13.8 Å². The van der Waals surface area contributed by atoms with Crippen LogP contribution in [0.4, 0.5) is 0 Å². The summed E-state index contributed by atoms with van der Waals surface area (Å²) in [6, 6.07) is 6.74. The van der Waals surface area contributed by atoms with Gasteiger partial charge < -0.3 is 9.84 Å². The molecule has 0 aliphatic heterocycles. The maximum absolute atomic E-state index is 11.8. The Kier molecular flexibility index (Phi) is 6.87. The van der Waals surface area contributed by atoms with E-state index in [2.05, 4.69) is 42.4 Å². The highest BCUT2D eigenvalue weighted by molar-refractivity contribution is 9.11. The zero-order chi connectivity index (χ0) is 18.6. The highest BCUT2D eigenvalue weighted by Gasteiger charge is 2.07. The minimum atomic E-state index is -0.404. The number of carbonyl (C=O) groups is 1. The van der Waals surface area contributed by atoms with E-state index in [9.17, 15) is 9.90 Å². The first-order chi connectivity index (χ1) is 11.8. The van der Waals surface area contributed by atoms with Crippen molar-refractivity contribution in [1.29, 1.82) is 0 Å². The lowest BCUT2D eigenvalue weighted by molar-refractivity contribution is -0.123. The largest absolute Gasteiger partial charge is 0.507 e. The van der Waals surface area contributed by atoms with Gasteiger partial charge in [-0.1, -0.05) is 27.5 Å². The Morgan fingerprint density at radius 2 is 1.88 bits per heavy atom. The lowest BCUT2D eigenvalue weighted by atomic mass is 10.1. The summed E-state index contributed by atoms with van der Waals surface area (Å²) in [4.78, 5) is 11.8. The van der Waals surface area contributed by atoms with Gasteiger partial charge in [0.1, 0.15) is 11.5 Å². The van der Waals surface area contributed by atoms with E-state index in [0.717, 1.165) is 15.6 Å². The van der Waals surface area contributed by atoms with E-state index in [1.54, 1.807) is 18.2 Å². The van der Waals surface area contributed by atoms with Crippen LogP contribution in [-0.2, 0) is 4.79 Å². The Bertz CT molecular complexity index is 818. The minimum Gasteiger partial charge on any atom is -0.507 e. The SMILES string of the molecule is Cc1cc(OCC(=O)NN=Cc2cc(O)c(Br)cc2Br)cc(C)c1Cl. The van der Waals surface area contributed by atoms with Crippen LogP contribution in [0, 0.1) is 13.8 Å². The molecule has 0 atom stereocenters. The molecule has 0 bridgehead atoms. The normalized spacial score (nSPS) is 10.9. The van der Waals surface area contributed by atoms with Crippen molar-refractivity contribution >= 4 is 55.6 Å². The predicted molar refractivity (Wildman–Crippen MR) is 106 cm³/mol. The molecule has 25 heavy (non-hydrogen) atoms. The molecule has 0 aliphatic rings. The molecular formula is C17H15Br2ClN2O3. The first-order valence-corrected chi connectivity index (χ1v) is 9.13. The summed E-state index contributed by atoms with van der Waals surface area (Å²) >= 11 is 12.7. The number of ether oxygens (including phenoxy) is 1. The predicted octanol–water partition coefficient (Wildman–Crippen LogP) is 4.72. The third-order valence-corrected chi connectivity index (χ3v) is 5.16. The second kappa shape index (κ2) is 8.69. The van der Waals surface area contributed by atoms with E-state index in [4.69, 9.17) is 16.3 Å². The average molecular weight is 491 g/mol. The molecule has 2 aromatic rings. The van der Waals surface area contributed by atoms with E-state index in [1.165, 1.54) is 12.3 Å². The quantitative estimate of drug-likeness (QED) is 0.471. The van der Waals surface area contributed by atoms with Crippen LogP contribution < -0.4 is 10.2 Å². The fourth-order valence-corrected chi connectivity index (χ4v) is 3.20. The van der Waals surface area contributed by atoms with E-state index in [0.29, 0.717) is 20.8 Å². The topological polar surface area (TPSA) is 70.9 Å². The van der Waals surface area contributed by atoms with Gasteiger partial charge in [-0.05, 0) is 65.2 Å². The highest BCUT2D eigenvalue weighted by atomic mass is 79.9. The third-order valence-electron chi connectivity index (χ3n) is 3.24. The molecule has 2 N–H and O–H groups in total. The van der Waals surface area contributed by atoms with Crippen molar-refractivity contribution in [3.63, 3.8) is 0 Å². The fourth-order valence-electron chi connectivity index (χ4n) is 2.00. The number of hydrazone groups is 1. The van der Waals surface area contributed by atoms with Crippen molar-refractivity contribution in [1.82, 2.24) is 5.43 Å². The maximum Gasteiger partial charge on any atom is 0.277 e. The van der Waals surface area contributed by atoms with E-state index in [1.807, 2.05) is 13.8 Å². The van der Waals surface area contributed by atoms with Gasteiger partial charge in [0, 0.05) is 15.1 Å². The molecule has 8 heteroatoms. The number of halogens is 3. The van der Waals surface area contributed by atoms with Gasteiger partial charge in [0.05, 0.1) is 10.7 Å². The number of nitrogens with zero attached hydrogens (tertiary/aromatic N) is 1. The Balaban J connectivity index is 1.92. The van der Waals surface area contributed by atoms with Gasteiger partial charge in [0.15, 0.2) is 6.61 Å². The zero-order valence-corrected chi connectivity index (χ0v) is 17.4. The number of carbonyl (C=O) groups excluding carboxylic acids is 1. The standard InChI is InChI=1S/C17H15Br2ClN2O3/c1-9-3-12(4-10(2)17(9)20)25-8-16(24)22-21-7-11-5-15(23)14(19)6-13(11)18/h3-7,23H,8H2,1-2H3,(H,22,24). The van der Waals surface area contributed by atoms with Crippen molar-refractivity contribution in [2.24, 2.45) is 5.10 Å². The molecule has 1 amide bonds. The van der Waals surface area contributed by atoms with Gasteiger partial charge in [-0.3, -0.25) is 4.79 Å². The molecule has 0 unspecified atom stereocenters. The summed E-state index contributed by atoms with van der Waals surface area (Å²) in [5, 5.41) is 14.2. The zero-order valence-electron chi connectivity index (χ0n) is 13.4. The summed E-state index contributed by atoms with van der Waals surface area (Å²) in [6.07, 6.45) is 1.42. The second-order valence-electron chi connectivity index (χ2n) is 5.28. The van der Waals surface area contributed by atoms with Crippen LogP contribution in [0.3, 0.4) is 0 Å². The number of amides is 1. The molecule has 5 nitrogen and oxygen atoms in total. The molecule has 0 saturated heterocycles. The monoisotopic (exact) mass is 488 g/mol. The van der Waals surface area contributed by atoms with Crippen molar-refractivity contribution in [3.05, 3.63) is 54.9 Å². The summed E-state index contributed by atoms with van der Waals surface area (Å²) in [5.74, 6) is 0.242. The first kappa shape index (κ1) is 19.8. The summed E-state index contributed by atoms with van der Waals surface area (Å²) in [5.41, 5.74) is 4.75. The molecule has 2 aromatic carbocycles. The highest BCUT2D eigenvalue weighted by Crippen LogP contribution is 2.29. The number of hydrogen-bond donors (Lipinski definition) is 2. The number of aromatic hydroxyl groups is 1. The molecule has 0 aliphatic carbocycles. The van der Waals surface area contributed by atoms with Crippen LogP contribution >= 0.6 is 43.5 Å². The van der Waals surface area contributed by atoms with Crippen LogP contribution in [0.2, 0.25) is 5.02 Å². The minimum absolute atomic E-state index is 0.0767. The molecule has 2 rings (SSSR count).